The molecule has 0 N–H and O–H groups in total. The number of halogens is 2. The van der Waals surface area contributed by atoms with Crippen LogP contribution in [0.5, 0.6) is 5.88 Å². The molecule has 0 spiro atoms. The van der Waals surface area contributed by atoms with E-state index in [4.69, 9.17) is 37.7 Å². The van der Waals surface area contributed by atoms with Crippen molar-refractivity contribution in [2.24, 2.45) is 0 Å². The third-order valence-electron chi connectivity index (χ3n) is 4.16. The normalized spacial score (nSPS) is 16.6. The van der Waals surface area contributed by atoms with Crippen molar-refractivity contribution in [3.05, 3.63) is 64.8 Å². The number of aromatic nitrogens is 2. The van der Waals surface area contributed by atoms with Gasteiger partial charge in [-0.15, -0.1) is 0 Å². The highest BCUT2D eigenvalue weighted by Gasteiger charge is 2.19. The number of benzene rings is 2. The van der Waals surface area contributed by atoms with E-state index in [2.05, 4.69) is 4.98 Å². The minimum Gasteiger partial charge on any atom is -0.471 e. The van der Waals surface area contributed by atoms with Gasteiger partial charge in [0.05, 0.1) is 25.1 Å². The van der Waals surface area contributed by atoms with Crippen molar-refractivity contribution in [2.45, 2.75) is 12.5 Å². The zero-order valence-corrected chi connectivity index (χ0v) is 15.4. The Labute approximate surface area is 161 Å². The van der Waals surface area contributed by atoms with Gasteiger partial charge >= 0.3 is 0 Å². The molecule has 3 aromatic rings. The van der Waals surface area contributed by atoms with Crippen LogP contribution in [0.3, 0.4) is 0 Å². The van der Waals surface area contributed by atoms with E-state index in [1.165, 1.54) is 0 Å². The van der Waals surface area contributed by atoms with Crippen molar-refractivity contribution in [2.75, 3.05) is 13.2 Å². The number of rotatable bonds is 4. The molecule has 2 aromatic carbocycles. The van der Waals surface area contributed by atoms with Crippen LogP contribution in [0.4, 0.5) is 0 Å². The summed E-state index contributed by atoms with van der Waals surface area (Å²) in [5.41, 5.74) is 3.35. The molecule has 6 heteroatoms. The van der Waals surface area contributed by atoms with Gasteiger partial charge in [0, 0.05) is 27.6 Å². The Bertz CT molecular complexity index is 893. The van der Waals surface area contributed by atoms with Gasteiger partial charge in [0.2, 0.25) is 5.88 Å². The Kier molecular flexibility index (Phi) is 5.07. The van der Waals surface area contributed by atoms with Crippen molar-refractivity contribution in [1.29, 1.82) is 0 Å². The number of hydrogen-bond acceptors (Lipinski definition) is 4. The fourth-order valence-corrected chi connectivity index (χ4v) is 3.09. The molecule has 0 saturated carbocycles. The molecule has 132 valence electrons. The Morgan fingerprint density at radius 2 is 1.50 bits per heavy atom. The summed E-state index contributed by atoms with van der Waals surface area (Å²) in [4.78, 5) is 9.33. The first kappa shape index (κ1) is 17.3. The number of hydrogen-bond donors (Lipinski definition) is 0. The van der Waals surface area contributed by atoms with Crippen LogP contribution in [0, 0.1) is 0 Å². The summed E-state index contributed by atoms with van der Waals surface area (Å²) in [6.45, 7) is 1.29. The van der Waals surface area contributed by atoms with Gasteiger partial charge in [-0.3, -0.25) is 0 Å². The third-order valence-corrected chi connectivity index (χ3v) is 4.66. The van der Waals surface area contributed by atoms with Gasteiger partial charge in [-0.2, -0.15) is 0 Å². The molecule has 1 aromatic heterocycles. The third kappa shape index (κ3) is 3.83. The summed E-state index contributed by atoms with van der Waals surface area (Å²) < 4.78 is 11.3. The topological polar surface area (TPSA) is 44.2 Å². The van der Waals surface area contributed by atoms with Gasteiger partial charge in [0.25, 0.3) is 0 Å². The SMILES string of the molecule is Clc1ccc(-c2ncc(OC3CCOC3)nc2-c2ccc(Cl)cc2)cc1. The van der Waals surface area contributed by atoms with Gasteiger partial charge in [-0.05, 0) is 24.3 Å². The molecule has 1 atom stereocenters. The van der Waals surface area contributed by atoms with Crippen LogP contribution < -0.4 is 4.74 Å². The van der Waals surface area contributed by atoms with Crippen LogP contribution in [-0.2, 0) is 4.74 Å². The van der Waals surface area contributed by atoms with Crippen LogP contribution in [-0.4, -0.2) is 29.3 Å². The van der Waals surface area contributed by atoms with Crippen molar-refractivity contribution >= 4 is 23.2 Å². The smallest absolute Gasteiger partial charge is 0.233 e. The minimum atomic E-state index is 0.0174. The predicted octanol–water partition coefficient (Wildman–Crippen LogP) is 5.29. The lowest BCUT2D eigenvalue weighted by Crippen LogP contribution is -2.16. The van der Waals surface area contributed by atoms with Crippen LogP contribution in [0.1, 0.15) is 6.42 Å². The summed E-state index contributed by atoms with van der Waals surface area (Å²) in [7, 11) is 0. The van der Waals surface area contributed by atoms with Crippen molar-refractivity contribution in [1.82, 2.24) is 9.97 Å². The first-order valence-electron chi connectivity index (χ1n) is 8.32. The van der Waals surface area contributed by atoms with Crippen LogP contribution >= 0.6 is 23.2 Å². The summed E-state index contributed by atoms with van der Waals surface area (Å²) in [6.07, 6.45) is 2.53. The zero-order valence-electron chi connectivity index (χ0n) is 13.9. The Morgan fingerprint density at radius 1 is 0.885 bits per heavy atom. The summed E-state index contributed by atoms with van der Waals surface area (Å²) in [5.74, 6) is 0.489. The average Bonchev–Trinajstić information content (AvgIpc) is 3.16. The van der Waals surface area contributed by atoms with E-state index in [1.807, 2.05) is 48.5 Å². The molecule has 1 aliphatic heterocycles. The Hall–Kier alpha value is -2.14. The van der Waals surface area contributed by atoms with E-state index >= 15 is 0 Å². The van der Waals surface area contributed by atoms with Gasteiger partial charge < -0.3 is 9.47 Å². The summed E-state index contributed by atoms with van der Waals surface area (Å²) in [6, 6.07) is 15.1. The maximum Gasteiger partial charge on any atom is 0.233 e. The quantitative estimate of drug-likeness (QED) is 0.611. The zero-order chi connectivity index (χ0) is 17.9. The number of ether oxygens (including phenoxy) is 2. The molecule has 4 nitrogen and oxygen atoms in total. The second-order valence-corrected chi connectivity index (χ2v) is 6.90. The van der Waals surface area contributed by atoms with Crippen molar-refractivity contribution < 1.29 is 9.47 Å². The standard InChI is InChI=1S/C20H16Cl2N2O2/c21-15-5-1-13(2-6-15)19-20(14-3-7-16(22)8-4-14)24-18(11-23-19)26-17-9-10-25-12-17/h1-8,11,17H,9-10,12H2. The summed E-state index contributed by atoms with van der Waals surface area (Å²) >= 11 is 12.0. The number of nitrogens with zero attached hydrogens (tertiary/aromatic N) is 2. The summed E-state index contributed by atoms with van der Waals surface area (Å²) in [5, 5.41) is 1.35. The predicted molar refractivity (Wildman–Crippen MR) is 103 cm³/mol. The lowest BCUT2D eigenvalue weighted by molar-refractivity contribution is 0.138. The highest BCUT2D eigenvalue weighted by atomic mass is 35.5. The van der Waals surface area contributed by atoms with Crippen molar-refractivity contribution in [3.63, 3.8) is 0 Å². The Balaban J connectivity index is 1.76. The van der Waals surface area contributed by atoms with E-state index in [-0.39, 0.29) is 6.10 Å². The van der Waals surface area contributed by atoms with Gasteiger partial charge in [0.15, 0.2) is 0 Å². The fourth-order valence-electron chi connectivity index (χ4n) is 2.83. The molecule has 0 bridgehead atoms. The van der Waals surface area contributed by atoms with E-state index < -0.39 is 0 Å². The maximum absolute atomic E-state index is 6.03. The molecule has 0 aliphatic carbocycles. The second-order valence-electron chi connectivity index (χ2n) is 6.02. The van der Waals surface area contributed by atoms with E-state index in [9.17, 15) is 0 Å². The average molecular weight is 387 g/mol. The van der Waals surface area contributed by atoms with E-state index in [0.717, 1.165) is 28.9 Å². The minimum absolute atomic E-state index is 0.0174. The molecule has 1 fully saturated rings. The van der Waals surface area contributed by atoms with Crippen molar-refractivity contribution in [3.8, 4) is 28.4 Å². The highest BCUT2D eigenvalue weighted by Crippen LogP contribution is 2.32. The molecular formula is C20H16Cl2N2O2. The lowest BCUT2D eigenvalue weighted by Gasteiger charge is -2.14. The molecule has 0 amide bonds. The molecule has 1 saturated heterocycles. The monoisotopic (exact) mass is 386 g/mol. The maximum atomic E-state index is 6.03. The molecule has 1 unspecified atom stereocenters. The molecule has 2 heterocycles. The highest BCUT2D eigenvalue weighted by molar-refractivity contribution is 6.31. The van der Waals surface area contributed by atoms with E-state index in [0.29, 0.717) is 29.1 Å². The van der Waals surface area contributed by atoms with Gasteiger partial charge in [-0.1, -0.05) is 47.5 Å². The first-order chi connectivity index (χ1) is 12.7. The molecule has 4 rings (SSSR count). The van der Waals surface area contributed by atoms with E-state index in [1.54, 1.807) is 6.20 Å². The molecule has 0 radical (unpaired) electrons. The first-order valence-corrected chi connectivity index (χ1v) is 9.08. The van der Waals surface area contributed by atoms with Gasteiger partial charge in [0.1, 0.15) is 11.8 Å². The molecular weight excluding hydrogens is 371 g/mol. The van der Waals surface area contributed by atoms with Crippen LogP contribution in [0.25, 0.3) is 22.5 Å². The molecule has 26 heavy (non-hydrogen) atoms. The van der Waals surface area contributed by atoms with Crippen LogP contribution in [0.2, 0.25) is 10.0 Å². The van der Waals surface area contributed by atoms with Crippen LogP contribution in [0.15, 0.2) is 54.7 Å². The largest absolute Gasteiger partial charge is 0.471 e. The second kappa shape index (κ2) is 7.62. The Morgan fingerprint density at radius 3 is 2.08 bits per heavy atom. The fraction of sp³-hybridized carbons (Fsp3) is 0.200. The lowest BCUT2D eigenvalue weighted by atomic mass is 10.0. The molecule has 1 aliphatic rings. The van der Waals surface area contributed by atoms with Gasteiger partial charge in [-0.25, -0.2) is 9.97 Å².